The predicted octanol–water partition coefficient (Wildman–Crippen LogP) is 0.555. The molecule has 2 amide bonds. The van der Waals surface area contributed by atoms with Crippen LogP contribution in [0.15, 0.2) is 24.3 Å². The second kappa shape index (κ2) is 5.15. The van der Waals surface area contributed by atoms with Crippen molar-refractivity contribution in [3.8, 4) is 0 Å². The monoisotopic (exact) mass is 288 g/mol. The van der Waals surface area contributed by atoms with Crippen molar-refractivity contribution >= 4 is 11.8 Å². The quantitative estimate of drug-likeness (QED) is 0.834. The Morgan fingerprint density at radius 3 is 2.81 bits per heavy atom. The molecule has 1 fully saturated rings. The van der Waals surface area contributed by atoms with Crippen molar-refractivity contribution in [1.82, 2.24) is 4.90 Å². The molecule has 5 nitrogen and oxygen atoms in total. The molecule has 2 atom stereocenters. The molecule has 3 rings (SSSR count). The minimum atomic E-state index is -1.57. The number of aliphatic hydroxyl groups is 1. The second-order valence-electron chi connectivity index (χ2n) is 6.05. The molecule has 0 bridgehead atoms. The number of carbonyl (C=O) groups excluding carboxylic acids is 2. The fourth-order valence-corrected chi connectivity index (χ4v) is 3.41. The van der Waals surface area contributed by atoms with Gasteiger partial charge in [-0.15, -0.1) is 0 Å². The number of amides is 2. The van der Waals surface area contributed by atoms with Crippen LogP contribution in [0.1, 0.15) is 36.3 Å². The third kappa shape index (κ3) is 2.42. The van der Waals surface area contributed by atoms with Gasteiger partial charge in [-0.05, 0) is 30.4 Å². The first-order valence-corrected chi connectivity index (χ1v) is 7.40. The van der Waals surface area contributed by atoms with Crippen LogP contribution < -0.4 is 5.73 Å². The van der Waals surface area contributed by atoms with Gasteiger partial charge in [0.25, 0.3) is 5.91 Å². The number of likely N-dealkylation sites (tertiary alicyclic amines) is 1. The molecule has 1 heterocycles. The molecule has 2 aliphatic rings. The highest BCUT2D eigenvalue weighted by atomic mass is 16.3. The van der Waals surface area contributed by atoms with Gasteiger partial charge in [0.05, 0.1) is 12.5 Å². The molecule has 21 heavy (non-hydrogen) atoms. The van der Waals surface area contributed by atoms with Crippen LogP contribution in [0, 0.1) is 0 Å². The van der Waals surface area contributed by atoms with E-state index in [1.54, 1.807) is 4.90 Å². The smallest absolute Gasteiger partial charge is 0.251 e. The first kappa shape index (κ1) is 14.1. The zero-order valence-corrected chi connectivity index (χ0v) is 11.9. The van der Waals surface area contributed by atoms with Crippen molar-refractivity contribution in [1.29, 1.82) is 0 Å². The lowest BCUT2D eigenvalue weighted by molar-refractivity contribution is -0.138. The number of benzene rings is 1. The molecule has 112 valence electrons. The van der Waals surface area contributed by atoms with Crippen LogP contribution >= 0.6 is 0 Å². The summed E-state index contributed by atoms with van der Waals surface area (Å²) in [7, 11) is 0. The third-order valence-electron chi connectivity index (χ3n) is 4.69. The first-order chi connectivity index (χ1) is 10.0. The molecule has 5 heteroatoms. The Labute approximate surface area is 123 Å². The maximum Gasteiger partial charge on any atom is 0.251 e. The molecule has 0 radical (unpaired) electrons. The number of hydrogen-bond donors (Lipinski definition) is 2. The second-order valence-corrected chi connectivity index (χ2v) is 6.05. The Balaban J connectivity index is 1.80. The molecular weight excluding hydrogens is 268 g/mol. The van der Waals surface area contributed by atoms with Crippen LogP contribution in [0.25, 0.3) is 0 Å². The highest BCUT2D eigenvalue weighted by Crippen LogP contribution is 2.34. The average molecular weight is 288 g/mol. The summed E-state index contributed by atoms with van der Waals surface area (Å²) in [5, 5.41) is 10.1. The van der Waals surface area contributed by atoms with E-state index in [0.717, 1.165) is 24.8 Å². The predicted molar refractivity (Wildman–Crippen MR) is 77.5 cm³/mol. The maximum absolute atomic E-state index is 12.7. The van der Waals surface area contributed by atoms with E-state index in [0.29, 0.717) is 6.54 Å². The number of primary amides is 1. The first-order valence-electron chi connectivity index (χ1n) is 7.40. The molecular formula is C16H20N2O3. The lowest BCUT2D eigenvalue weighted by Gasteiger charge is -2.29. The number of aryl methyl sites for hydroxylation is 1. The summed E-state index contributed by atoms with van der Waals surface area (Å²) in [5.41, 5.74) is 5.97. The number of carbonyl (C=O) groups is 2. The van der Waals surface area contributed by atoms with Gasteiger partial charge in [0.15, 0.2) is 5.60 Å². The number of fused-ring (bicyclic) bond motifs is 1. The van der Waals surface area contributed by atoms with Gasteiger partial charge in [-0.2, -0.15) is 0 Å². The Hall–Kier alpha value is -1.88. The normalized spacial score (nSPS) is 28.2. The fraction of sp³-hybridized carbons (Fsp3) is 0.500. The standard InChI is InChI=1S/C16H20N2O3/c17-15(20)16(21)8-9-18(10-16)14(19)13-7-3-5-11-4-1-2-6-12(11)13/h1-2,4,6,13,21H,3,5,7-10H2,(H2,17,20). The minimum absolute atomic E-state index is 0.000625. The summed E-state index contributed by atoms with van der Waals surface area (Å²) in [6.45, 7) is 0.400. The lowest BCUT2D eigenvalue weighted by Crippen LogP contribution is -2.47. The summed E-state index contributed by atoms with van der Waals surface area (Å²) in [6, 6.07) is 8.02. The number of β-amino-alcohol motifs (C(OH)–C–C–N with tert-alkyl or cyclic N) is 1. The maximum atomic E-state index is 12.7. The van der Waals surface area contributed by atoms with Crippen molar-refractivity contribution in [3.05, 3.63) is 35.4 Å². The molecule has 3 N–H and O–H groups in total. The van der Waals surface area contributed by atoms with Crippen molar-refractivity contribution in [3.63, 3.8) is 0 Å². The van der Waals surface area contributed by atoms with Gasteiger partial charge in [0.1, 0.15) is 0 Å². The summed E-state index contributed by atoms with van der Waals surface area (Å²) < 4.78 is 0. The van der Waals surface area contributed by atoms with Gasteiger partial charge in [-0.1, -0.05) is 24.3 Å². The molecule has 1 aliphatic heterocycles. The van der Waals surface area contributed by atoms with Crippen LogP contribution in [-0.2, 0) is 16.0 Å². The molecule has 1 aliphatic carbocycles. The van der Waals surface area contributed by atoms with Gasteiger partial charge in [-0.3, -0.25) is 9.59 Å². The molecule has 1 aromatic rings. The third-order valence-corrected chi connectivity index (χ3v) is 4.69. The van der Waals surface area contributed by atoms with Gasteiger partial charge in [-0.25, -0.2) is 0 Å². The highest BCUT2D eigenvalue weighted by molar-refractivity contribution is 5.88. The van der Waals surface area contributed by atoms with Crippen LogP contribution in [0.2, 0.25) is 0 Å². The van der Waals surface area contributed by atoms with Gasteiger partial charge < -0.3 is 15.7 Å². The molecule has 1 aromatic carbocycles. The van der Waals surface area contributed by atoms with Crippen LogP contribution in [-0.4, -0.2) is 40.5 Å². The molecule has 0 aromatic heterocycles. The van der Waals surface area contributed by atoms with E-state index in [1.165, 1.54) is 5.56 Å². The fourth-order valence-electron chi connectivity index (χ4n) is 3.41. The Kier molecular flexibility index (Phi) is 3.45. The molecule has 1 saturated heterocycles. The summed E-state index contributed by atoms with van der Waals surface area (Å²) in [5.74, 6) is -0.911. The number of nitrogens with zero attached hydrogens (tertiary/aromatic N) is 1. The van der Waals surface area contributed by atoms with E-state index in [2.05, 4.69) is 6.07 Å². The topological polar surface area (TPSA) is 83.6 Å². The molecule has 2 unspecified atom stereocenters. The zero-order chi connectivity index (χ0) is 15.0. The Morgan fingerprint density at radius 1 is 1.33 bits per heavy atom. The van der Waals surface area contributed by atoms with Gasteiger partial charge in [0.2, 0.25) is 5.91 Å². The van der Waals surface area contributed by atoms with E-state index < -0.39 is 11.5 Å². The van der Waals surface area contributed by atoms with Crippen molar-refractivity contribution in [2.75, 3.05) is 13.1 Å². The lowest BCUT2D eigenvalue weighted by atomic mass is 9.82. The average Bonchev–Trinajstić information content (AvgIpc) is 2.90. The van der Waals surface area contributed by atoms with Crippen LogP contribution in [0.5, 0.6) is 0 Å². The minimum Gasteiger partial charge on any atom is -0.378 e. The van der Waals surface area contributed by atoms with Crippen LogP contribution in [0.4, 0.5) is 0 Å². The Bertz CT molecular complexity index is 587. The van der Waals surface area contributed by atoms with Crippen molar-refractivity contribution in [2.45, 2.75) is 37.2 Å². The van der Waals surface area contributed by atoms with E-state index in [4.69, 9.17) is 5.73 Å². The number of hydrogen-bond acceptors (Lipinski definition) is 3. The summed E-state index contributed by atoms with van der Waals surface area (Å²) in [4.78, 5) is 25.6. The molecule has 0 saturated carbocycles. The number of rotatable bonds is 2. The van der Waals surface area contributed by atoms with E-state index in [-0.39, 0.29) is 24.8 Å². The summed E-state index contributed by atoms with van der Waals surface area (Å²) in [6.07, 6.45) is 3.04. The van der Waals surface area contributed by atoms with E-state index >= 15 is 0 Å². The highest BCUT2D eigenvalue weighted by Gasteiger charge is 2.44. The van der Waals surface area contributed by atoms with E-state index in [1.807, 2.05) is 18.2 Å². The Morgan fingerprint density at radius 2 is 2.10 bits per heavy atom. The van der Waals surface area contributed by atoms with Gasteiger partial charge in [0, 0.05) is 13.0 Å². The van der Waals surface area contributed by atoms with Crippen molar-refractivity contribution in [2.24, 2.45) is 5.73 Å². The van der Waals surface area contributed by atoms with Crippen molar-refractivity contribution < 1.29 is 14.7 Å². The summed E-state index contributed by atoms with van der Waals surface area (Å²) >= 11 is 0. The SMILES string of the molecule is NC(=O)C1(O)CCN(C(=O)C2CCCc3ccccc32)C1. The molecule has 0 spiro atoms. The van der Waals surface area contributed by atoms with Crippen LogP contribution in [0.3, 0.4) is 0 Å². The number of nitrogens with two attached hydrogens (primary N) is 1. The largest absolute Gasteiger partial charge is 0.378 e. The van der Waals surface area contributed by atoms with Gasteiger partial charge >= 0.3 is 0 Å². The van der Waals surface area contributed by atoms with E-state index in [9.17, 15) is 14.7 Å². The zero-order valence-electron chi connectivity index (χ0n) is 11.9.